The number of methoxy groups -OCH3 is 2. The van der Waals surface area contributed by atoms with Gasteiger partial charge in [-0.3, -0.25) is 9.59 Å². The first-order chi connectivity index (χ1) is 11.0. The summed E-state index contributed by atoms with van der Waals surface area (Å²) in [5, 5.41) is 0. The molecule has 0 aromatic heterocycles. The van der Waals surface area contributed by atoms with Crippen LogP contribution in [-0.2, 0) is 19.1 Å². The van der Waals surface area contributed by atoms with Gasteiger partial charge in [-0.15, -0.1) is 0 Å². The van der Waals surface area contributed by atoms with Gasteiger partial charge in [-0.25, -0.2) is 0 Å². The summed E-state index contributed by atoms with van der Waals surface area (Å²) in [4.78, 5) is 24.8. The number of ether oxygens (including phenoxy) is 2. The number of carbonyl (C=O) groups excluding carboxylic acids is 2. The predicted molar refractivity (Wildman–Crippen MR) is 86.5 cm³/mol. The number of hydrogen-bond acceptors (Lipinski definition) is 4. The maximum atomic E-state index is 12.4. The van der Waals surface area contributed by atoms with Crippen molar-refractivity contribution in [2.45, 2.75) is 51.9 Å². The smallest absolute Gasteiger partial charge is 0.323 e. The fraction of sp³-hybridized carbons (Fsp3) is 0.684. The molecule has 0 heterocycles. The summed E-state index contributed by atoms with van der Waals surface area (Å²) in [6, 6.07) is 0. The quantitative estimate of drug-likeness (QED) is 0.444. The van der Waals surface area contributed by atoms with E-state index in [1.807, 2.05) is 0 Å². The molecule has 3 aliphatic carbocycles. The number of fused-ring (bicyclic) bond motifs is 2. The zero-order valence-electron chi connectivity index (χ0n) is 14.3. The number of hydrogen-bond donors (Lipinski definition) is 0. The minimum absolute atomic E-state index is 0.172. The van der Waals surface area contributed by atoms with E-state index in [-0.39, 0.29) is 5.92 Å². The first-order valence-electron chi connectivity index (χ1n) is 8.57. The van der Waals surface area contributed by atoms with Crippen molar-refractivity contribution in [1.82, 2.24) is 0 Å². The molecule has 0 aromatic carbocycles. The van der Waals surface area contributed by atoms with Gasteiger partial charge in [0.2, 0.25) is 0 Å². The summed E-state index contributed by atoms with van der Waals surface area (Å²) in [5.41, 5.74) is 2.97. The van der Waals surface area contributed by atoms with Gasteiger partial charge in [0.25, 0.3) is 0 Å². The van der Waals surface area contributed by atoms with E-state index >= 15 is 0 Å². The first kappa shape index (κ1) is 16.3. The molecule has 4 nitrogen and oxygen atoms in total. The molecule has 0 unspecified atom stereocenters. The monoisotopic (exact) mass is 318 g/mol. The molecule has 3 rings (SSSR count). The molecule has 0 aromatic rings. The standard InChI is InChI=1S/C19H26O4/c1-12-8-13-6-4-5-7-14(13)9-15-10-19(11-16(12)15,17(20)22-2)18(21)23-3/h9,13,15H,4-8,10-11H2,1-3H3/t13-,15+/m1/s1. The molecule has 2 fully saturated rings. The summed E-state index contributed by atoms with van der Waals surface area (Å²) in [6.07, 6.45) is 9.33. The van der Waals surface area contributed by atoms with Crippen LogP contribution in [0.3, 0.4) is 0 Å². The van der Waals surface area contributed by atoms with Crippen LogP contribution in [0, 0.1) is 17.3 Å². The zero-order chi connectivity index (χ0) is 16.6. The molecule has 0 bridgehead atoms. The Morgan fingerprint density at radius 3 is 2.52 bits per heavy atom. The second-order valence-corrected chi connectivity index (χ2v) is 7.25. The van der Waals surface area contributed by atoms with Crippen molar-refractivity contribution >= 4 is 11.9 Å². The van der Waals surface area contributed by atoms with Crippen LogP contribution in [0.5, 0.6) is 0 Å². The van der Waals surface area contributed by atoms with Crippen molar-refractivity contribution in [3.8, 4) is 0 Å². The lowest BCUT2D eigenvalue weighted by Gasteiger charge is -2.26. The molecular weight excluding hydrogens is 292 g/mol. The van der Waals surface area contributed by atoms with Gasteiger partial charge in [-0.05, 0) is 57.3 Å². The Bertz CT molecular complexity index is 568. The topological polar surface area (TPSA) is 52.6 Å². The molecule has 2 saturated carbocycles. The number of allylic oxidation sites excluding steroid dienone is 4. The lowest BCUT2D eigenvalue weighted by molar-refractivity contribution is -0.168. The molecule has 0 amide bonds. The van der Waals surface area contributed by atoms with Crippen LogP contribution in [0.2, 0.25) is 0 Å². The van der Waals surface area contributed by atoms with Gasteiger partial charge in [0, 0.05) is 0 Å². The fourth-order valence-electron chi connectivity index (χ4n) is 4.76. The molecule has 0 radical (unpaired) electrons. The van der Waals surface area contributed by atoms with Crippen molar-refractivity contribution in [3.05, 3.63) is 22.8 Å². The molecule has 0 saturated heterocycles. The first-order valence-corrected chi connectivity index (χ1v) is 8.57. The van der Waals surface area contributed by atoms with Gasteiger partial charge in [0.05, 0.1) is 14.2 Å². The van der Waals surface area contributed by atoms with Crippen molar-refractivity contribution in [2.75, 3.05) is 14.2 Å². The third kappa shape index (κ3) is 2.62. The Morgan fingerprint density at radius 2 is 1.87 bits per heavy atom. The molecule has 0 aliphatic heterocycles. The van der Waals surface area contributed by atoms with Crippen molar-refractivity contribution in [1.29, 1.82) is 0 Å². The highest BCUT2D eigenvalue weighted by Gasteiger charge is 2.55. The third-order valence-corrected chi connectivity index (χ3v) is 5.97. The van der Waals surface area contributed by atoms with Crippen molar-refractivity contribution in [3.63, 3.8) is 0 Å². The lowest BCUT2D eigenvalue weighted by atomic mass is 9.79. The van der Waals surface area contributed by atoms with Crippen LogP contribution in [0.1, 0.15) is 51.9 Å². The molecule has 0 N–H and O–H groups in total. The Morgan fingerprint density at radius 1 is 1.17 bits per heavy atom. The Kier molecular flexibility index (Phi) is 4.35. The van der Waals surface area contributed by atoms with Crippen LogP contribution in [0.25, 0.3) is 0 Å². The van der Waals surface area contributed by atoms with Crippen LogP contribution < -0.4 is 0 Å². The van der Waals surface area contributed by atoms with Crippen molar-refractivity contribution in [2.24, 2.45) is 17.3 Å². The molecule has 4 heteroatoms. The maximum absolute atomic E-state index is 12.4. The zero-order valence-corrected chi connectivity index (χ0v) is 14.3. The van der Waals surface area contributed by atoms with Crippen LogP contribution in [0.15, 0.2) is 22.8 Å². The van der Waals surface area contributed by atoms with Gasteiger partial charge < -0.3 is 9.47 Å². The average molecular weight is 318 g/mol. The summed E-state index contributed by atoms with van der Waals surface area (Å²) < 4.78 is 9.91. The van der Waals surface area contributed by atoms with E-state index in [4.69, 9.17) is 9.47 Å². The molecular formula is C19H26O4. The summed E-state index contributed by atoms with van der Waals surface area (Å²) in [7, 11) is 2.69. The molecule has 3 aliphatic rings. The van der Waals surface area contributed by atoms with Gasteiger partial charge in [0.15, 0.2) is 5.41 Å². The minimum atomic E-state index is -1.16. The Hall–Kier alpha value is -1.58. The molecule has 126 valence electrons. The highest BCUT2D eigenvalue weighted by atomic mass is 16.5. The minimum Gasteiger partial charge on any atom is -0.468 e. The lowest BCUT2D eigenvalue weighted by Crippen LogP contribution is -2.39. The van der Waals surface area contributed by atoms with E-state index in [2.05, 4.69) is 13.0 Å². The van der Waals surface area contributed by atoms with E-state index in [0.717, 1.165) is 12.8 Å². The number of rotatable bonds is 2. The summed E-state index contributed by atoms with van der Waals surface area (Å²) >= 11 is 0. The SMILES string of the molecule is COC(=O)C1(C(=O)OC)CC2=C(C)C[C@H]3CCCCC3=C[C@H]2C1. The van der Waals surface area contributed by atoms with Gasteiger partial charge in [-0.2, -0.15) is 0 Å². The van der Waals surface area contributed by atoms with Crippen LogP contribution in [0.4, 0.5) is 0 Å². The van der Waals surface area contributed by atoms with E-state index in [9.17, 15) is 9.59 Å². The molecule has 23 heavy (non-hydrogen) atoms. The Balaban J connectivity index is 1.99. The summed E-state index contributed by atoms with van der Waals surface area (Å²) in [6.45, 7) is 2.17. The van der Waals surface area contributed by atoms with Gasteiger partial charge >= 0.3 is 11.9 Å². The van der Waals surface area contributed by atoms with Gasteiger partial charge in [-0.1, -0.05) is 29.2 Å². The maximum Gasteiger partial charge on any atom is 0.323 e. The number of esters is 2. The molecule has 0 spiro atoms. The fourth-order valence-corrected chi connectivity index (χ4v) is 4.76. The predicted octanol–water partition coefficient (Wildman–Crippen LogP) is 3.57. The van der Waals surface area contributed by atoms with E-state index in [1.54, 1.807) is 0 Å². The summed E-state index contributed by atoms with van der Waals surface area (Å²) in [5.74, 6) is -0.0913. The van der Waals surface area contributed by atoms with Crippen molar-refractivity contribution < 1.29 is 19.1 Å². The van der Waals surface area contributed by atoms with E-state index in [0.29, 0.717) is 18.8 Å². The second kappa shape index (κ2) is 6.14. The van der Waals surface area contributed by atoms with Crippen LogP contribution >= 0.6 is 0 Å². The second-order valence-electron chi connectivity index (χ2n) is 7.25. The van der Waals surface area contributed by atoms with E-state index < -0.39 is 17.4 Å². The Labute approximate surface area is 137 Å². The highest BCUT2D eigenvalue weighted by molar-refractivity contribution is 6.01. The third-order valence-electron chi connectivity index (χ3n) is 5.97. The average Bonchev–Trinajstić information content (AvgIpc) is 2.90. The van der Waals surface area contributed by atoms with Crippen LogP contribution in [-0.4, -0.2) is 26.2 Å². The molecule has 2 atom stereocenters. The van der Waals surface area contributed by atoms with E-state index in [1.165, 1.54) is 50.2 Å². The van der Waals surface area contributed by atoms with Gasteiger partial charge in [0.1, 0.15) is 0 Å². The normalized spacial score (nSPS) is 29.1. The highest BCUT2D eigenvalue weighted by Crippen LogP contribution is 2.52. The number of carbonyl (C=O) groups is 2. The largest absolute Gasteiger partial charge is 0.468 e.